The van der Waals surface area contributed by atoms with Gasteiger partial charge in [0.2, 0.25) is 5.55 Å². The molecule has 26 heavy (non-hydrogen) atoms. The molecule has 1 unspecified atom stereocenters. The van der Waals surface area contributed by atoms with E-state index in [1.54, 1.807) is 6.08 Å². The molecule has 0 aromatic carbocycles. The Hall–Kier alpha value is 0.120. The highest BCUT2D eigenvalue weighted by molar-refractivity contribution is 8.90. The molecule has 0 aliphatic rings. The number of unbranched alkanes of at least 4 members (excludes halogenated alkanes) is 1. The molecule has 0 saturated carbocycles. The molecule has 0 saturated heterocycles. The summed E-state index contributed by atoms with van der Waals surface area (Å²) in [6.07, 6.45) is 3.27. The maximum Gasteiger partial charge on any atom is 0.376 e. The fourth-order valence-corrected chi connectivity index (χ4v) is 15.1. The molecular formula is C17H33NO4PS3+. The lowest BCUT2D eigenvalue weighted by Crippen LogP contribution is -2.54. The van der Waals surface area contributed by atoms with E-state index in [9.17, 15) is 19.3 Å². The van der Waals surface area contributed by atoms with Gasteiger partial charge in [0.05, 0.1) is 6.54 Å². The zero-order chi connectivity index (χ0) is 20.4. The number of amides is 1. The Balaban J connectivity index is 5.94. The standard InChI is InChI=1S/C17H32NO4PS3/c1-7-9-10-18(12-16(19)20,17(21)24-11-8-2)13-23(22,25-14(3)4)26-15(5)6/h8,14-15H,2,7,9-13H2,1,3-6H3/p+1. The molecule has 0 heterocycles. The fourth-order valence-electron chi connectivity index (χ4n) is 2.47. The van der Waals surface area contributed by atoms with Gasteiger partial charge in [-0.3, -0.25) is 4.57 Å². The van der Waals surface area contributed by atoms with Crippen LogP contribution in [0.3, 0.4) is 0 Å². The topological polar surface area (TPSA) is 71.4 Å². The van der Waals surface area contributed by atoms with Gasteiger partial charge in [-0.2, -0.15) is 0 Å². The van der Waals surface area contributed by atoms with Crippen molar-refractivity contribution in [2.45, 2.75) is 58.0 Å². The number of rotatable bonds is 13. The monoisotopic (exact) mass is 442 g/mol. The molecule has 0 aromatic heterocycles. The highest BCUT2D eigenvalue weighted by Gasteiger charge is 2.46. The van der Waals surface area contributed by atoms with Gasteiger partial charge in [0, 0.05) is 16.3 Å². The first-order valence-electron chi connectivity index (χ1n) is 8.82. The van der Waals surface area contributed by atoms with E-state index in [1.165, 1.54) is 22.8 Å². The van der Waals surface area contributed by atoms with Crippen LogP contribution in [0.1, 0.15) is 47.5 Å². The van der Waals surface area contributed by atoms with Gasteiger partial charge in [0.15, 0.2) is 12.8 Å². The van der Waals surface area contributed by atoms with Gasteiger partial charge < -0.3 is 5.11 Å². The van der Waals surface area contributed by atoms with Crippen molar-refractivity contribution in [3.8, 4) is 0 Å². The highest BCUT2D eigenvalue weighted by atomic mass is 33.1. The van der Waals surface area contributed by atoms with E-state index in [2.05, 4.69) is 6.58 Å². The minimum absolute atomic E-state index is 0.0774. The highest BCUT2D eigenvalue weighted by Crippen LogP contribution is 2.72. The van der Waals surface area contributed by atoms with Gasteiger partial charge in [0.25, 0.3) is 0 Å². The van der Waals surface area contributed by atoms with E-state index in [4.69, 9.17) is 0 Å². The second kappa shape index (κ2) is 12.6. The zero-order valence-corrected chi connectivity index (χ0v) is 19.8. The minimum atomic E-state index is -2.85. The predicted molar refractivity (Wildman–Crippen MR) is 119 cm³/mol. The van der Waals surface area contributed by atoms with E-state index >= 15 is 0 Å². The summed E-state index contributed by atoms with van der Waals surface area (Å²) in [6, 6.07) is 0. The number of hydrogen-bond donors (Lipinski definition) is 1. The van der Waals surface area contributed by atoms with Crippen LogP contribution in [0.5, 0.6) is 0 Å². The van der Waals surface area contributed by atoms with Crippen molar-refractivity contribution in [3.63, 3.8) is 0 Å². The predicted octanol–water partition coefficient (Wildman–Crippen LogP) is 6.16. The number of carboxylic acid groups (broad SMARTS) is 1. The van der Waals surface area contributed by atoms with Gasteiger partial charge >= 0.3 is 11.2 Å². The molecule has 0 spiro atoms. The largest absolute Gasteiger partial charge is 0.477 e. The Morgan fingerprint density at radius 2 is 1.73 bits per heavy atom. The molecule has 0 fully saturated rings. The Morgan fingerprint density at radius 3 is 2.12 bits per heavy atom. The quantitative estimate of drug-likeness (QED) is 0.208. The van der Waals surface area contributed by atoms with Gasteiger partial charge in [0.1, 0.15) is 0 Å². The van der Waals surface area contributed by atoms with Crippen LogP contribution in [0.25, 0.3) is 0 Å². The number of carbonyl (C=O) groups is 2. The SMILES string of the molecule is C=CCSC(=O)[N+](CCCC)(CC(=O)O)CP(=O)(SC(C)C)SC(C)C. The summed E-state index contributed by atoms with van der Waals surface area (Å²) in [6.45, 7) is 13.6. The Labute approximate surface area is 170 Å². The van der Waals surface area contributed by atoms with Crippen molar-refractivity contribution in [2.24, 2.45) is 0 Å². The number of nitrogens with zero attached hydrogens (tertiary/aromatic N) is 1. The van der Waals surface area contributed by atoms with E-state index in [-0.39, 0.29) is 33.1 Å². The lowest BCUT2D eigenvalue weighted by atomic mass is 10.3. The second-order valence-electron chi connectivity index (χ2n) is 6.70. The first kappa shape index (κ1) is 26.1. The smallest absolute Gasteiger partial charge is 0.376 e. The summed E-state index contributed by atoms with van der Waals surface area (Å²) in [5.74, 6) is -0.618. The van der Waals surface area contributed by atoms with Crippen molar-refractivity contribution in [2.75, 3.05) is 25.1 Å². The maximum atomic E-state index is 13.7. The average Bonchev–Trinajstić information content (AvgIpc) is 2.47. The normalized spacial score (nSPS) is 14.4. The molecule has 1 amide bonds. The number of thioether (sulfide) groups is 1. The van der Waals surface area contributed by atoms with Crippen molar-refractivity contribution in [3.05, 3.63) is 12.7 Å². The van der Waals surface area contributed by atoms with Crippen molar-refractivity contribution in [1.29, 1.82) is 0 Å². The van der Waals surface area contributed by atoms with Gasteiger partial charge in [-0.1, -0.05) is 69.9 Å². The first-order chi connectivity index (χ1) is 12.0. The first-order valence-corrected chi connectivity index (χ1v) is 14.7. The molecule has 152 valence electrons. The van der Waals surface area contributed by atoms with Crippen molar-refractivity contribution < 1.29 is 23.7 Å². The molecule has 0 aliphatic heterocycles. The summed E-state index contributed by atoms with van der Waals surface area (Å²) in [5, 5.41) is 9.54. The zero-order valence-electron chi connectivity index (χ0n) is 16.5. The second-order valence-corrected chi connectivity index (χ2v) is 17.0. The van der Waals surface area contributed by atoms with E-state index in [0.29, 0.717) is 18.7 Å². The summed E-state index contributed by atoms with van der Waals surface area (Å²) in [4.78, 5) is 24.6. The number of quaternary nitrogens is 1. The number of carbonyl (C=O) groups excluding carboxylic acids is 1. The van der Waals surface area contributed by atoms with Crippen LogP contribution in [-0.2, 0) is 9.36 Å². The molecule has 1 N–H and O–H groups in total. The summed E-state index contributed by atoms with van der Waals surface area (Å²) in [7, 11) is 0. The minimum Gasteiger partial charge on any atom is -0.477 e. The molecule has 0 radical (unpaired) electrons. The molecule has 9 heteroatoms. The van der Waals surface area contributed by atoms with Gasteiger partial charge in [-0.15, -0.1) is 6.58 Å². The van der Waals surface area contributed by atoms with Gasteiger partial charge in [-0.25, -0.2) is 14.1 Å². The third kappa shape index (κ3) is 9.88. The number of carboxylic acids is 1. The molecule has 5 nitrogen and oxygen atoms in total. The lowest BCUT2D eigenvalue weighted by molar-refractivity contribution is -0.824. The van der Waals surface area contributed by atoms with Crippen LogP contribution in [0.15, 0.2) is 12.7 Å². The molecule has 0 aromatic rings. The van der Waals surface area contributed by atoms with Crippen molar-refractivity contribution in [1.82, 2.24) is 0 Å². The van der Waals surface area contributed by atoms with E-state index < -0.39 is 11.5 Å². The van der Waals surface area contributed by atoms with Gasteiger partial charge in [-0.05, 0) is 18.2 Å². The summed E-state index contributed by atoms with van der Waals surface area (Å²) >= 11 is 3.84. The summed E-state index contributed by atoms with van der Waals surface area (Å²) < 4.78 is 13.4. The van der Waals surface area contributed by atoms with Crippen LogP contribution in [0.4, 0.5) is 4.79 Å². The van der Waals surface area contributed by atoms with Crippen LogP contribution >= 0.6 is 40.1 Å². The van der Waals surface area contributed by atoms with E-state index in [0.717, 1.165) is 18.2 Å². The van der Waals surface area contributed by atoms with Crippen molar-refractivity contribution >= 4 is 51.3 Å². The maximum absolute atomic E-state index is 13.7. The molecule has 1 atom stereocenters. The van der Waals surface area contributed by atoms with E-state index in [1.807, 2.05) is 34.6 Å². The van der Waals surface area contributed by atoms with Crippen LogP contribution in [0, 0.1) is 0 Å². The van der Waals surface area contributed by atoms with Crippen LogP contribution < -0.4 is 0 Å². The average molecular weight is 443 g/mol. The number of hydrogen-bond acceptors (Lipinski definition) is 6. The molecular weight excluding hydrogens is 409 g/mol. The third-order valence-electron chi connectivity index (χ3n) is 3.28. The molecule has 0 rings (SSSR count). The fraction of sp³-hybridized carbons (Fsp3) is 0.765. The summed E-state index contributed by atoms with van der Waals surface area (Å²) in [5.41, 5.74) is -2.85. The molecule has 0 bridgehead atoms. The Bertz CT molecular complexity index is 514. The Morgan fingerprint density at radius 1 is 1.19 bits per heavy atom. The number of aliphatic carboxylic acids is 1. The Kier molecular flexibility index (Phi) is 12.6. The lowest BCUT2D eigenvalue weighted by Gasteiger charge is -2.36. The third-order valence-corrected chi connectivity index (χ3v) is 13.4. The molecule has 0 aliphatic carbocycles. The van der Waals surface area contributed by atoms with Crippen LogP contribution in [-0.4, -0.2) is 56.4 Å². The van der Waals surface area contributed by atoms with Crippen LogP contribution in [0.2, 0.25) is 0 Å².